The number of methoxy groups -OCH3 is 1. The first kappa shape index (κ1) is 28.7. The number of hydrogen-bond acceptors (Lipinski definition) is 5. The number of carbonyl (C=O) groups excluding carboxylic acids is 3. The van der Waals surface area contributed by atoms with Crippen molar-refractivity contribution in [1.82, 2.24) is 15.2 Å². The van der Waals surface area contributed by atoms with E-state index in [0.717, 1.165) is 33.3 Å². The van der Waals surface area contributed by atoms with Gasteiger partial charge in [-0.2, -0.15) is 0 Å². The normalized spacial score (nSPS) is 16.2. The number of amides is 3. The Labute approximate surface area is 224 Å². The molecule has 3 N–H and O–H groups in total. The van der Waals surface area contributed by atoms with Crippen molar-refractivity contribution in [2.45, 2.75) is 66.2 Å². The molecule has 0 bridgehead atoms. The SMILES string of the molecule is C=C1c2ccc(NC(=O)c3cc4ccc(COC)cc4[nH]3)cc2CN1C1CCC(=O)NC1=O.CC.CCC. The molecule has 5 rings (SSSR count). The molecule has 0 aliphatic carbocycles. The molecule has 2 aliphatic rings. The minimum Gasteiger partial charge on any atom is -0.380 e. The number of benzene rings is 2. The second-order valence-corrected chi connectivity index (χ2v) is 9.11. The van der Waals surface area contributed by atoms with Crippen molar-refractivity contribution in [3.05, 3.63) is 71.4 Å². The number of hydrogen-bond donors (Lipinski definition) is 3. The molecule has 1 fully saturated rings. The molecule has 3 heterocycles. The minimum absolute atomic E-state index is 0.238. The molecular weight excluding hydrogens is 480 g/mol. The third-order valence-corrected chi connectivity index (χ3v) is 6.19. The number of H-pyrrole nitrogens is 1. The van der Waals surface area contributed by atoms with Crippen molar-refractivity contribution in [2.24, 2.45) is 0 Å². The Morgan fingerprint density at radius 2 is 1.87 bits per heavy atom. The second-order valence-electron chi connectivity index (χ2n) is 9.11. The van der Waals surface area contributed by atoms with Gasteiger partial charge < -0.3 is 19.9 Å². The lowest BCUT2D eigenvalue weighted by atomic mass is 10.0. The minimum atomic E-state index is -0.421. The number of fused-ring (bicyclic) bond motifs is 2. The molecule has 2 aromatic carbocycles. The zero-order valence-corrected chi connectivity index (χ0v) is 22.9. The van der Waals surface area contributed by atoms with Crippen LogP contribution < -0.4 is 10.6 Å². The highest BCUT2D eigenvalue weighted by Crippen LogP contribution is 2.36. The quantitative estimate of drug-likeness (QED) is 0.382. The van der Waals surface area contributed by atoms with E-state index in [9.17, 15) is 14.4 Å². The summed E-state index contributed by atoms with van der Waals surface area (Å²) in [5, 5.41) is 6.30. The maximum Gasteiger partial charge on any atom is 0.272 e. The molecule has 38 heavy (non-hydrogen) atoms. The standard InChI is InChI=1S/C25H24N4O4.C3H8.C2H6/c1-14-19-6-5-18(10-17(19)12-29(14)22-7-8-23(30)28-25(22)32)26-24(31)21-11-16-4-3-15(13-33-2)9-20(16)27-21;1-3-2;1-2/h3-6,9-11,22,27H,1,7-8,12-13H2,2H3,(H,26,31)(H,28,30,32);3H2,1-2H3;1-2H3. The first-order valence-electron chi connectivity index (χ1n) is 13.2. The third-order valence-electron chi connectivity index (χ3n) is 6.19. The molecule has 8 heteroatoms. The maximum atomic E-state index is 12.9. The largest absolute Gasteiger partial charge is 0.380 e. The van der Waals surface area contributed by atoms with Crippen LogP contribution in [-0.2, 0) is 27.5 Å². The van der Waals surface area contributed by atoms with E-state index >= 15 is 0 Å². The number of nitrogens with zero attached hydrogens (tertiary/aromatic N) is 1. The maximum absolute atomic E-state index is 12.9. The number of aromatic amines is 1. The highest BCUT2D eigenvalue weighted by molar-refractivity contribution is 6.06. The molecule has 1 saturated heterocycles. The Hall–Kier alpha value is -3.91. The van der Waals surface area contributed by atoms with E-state index < -0.39 is 6.04 Å². The van der Waals surface area contributed by atoms with Crippen LogP contribution in [0.25, 0.3) is 16.6 Å². The van der Waals surface area contributed by atoms with Gasteiger partial charge in [-0.15, -0.1) is 0 Å². The van der Waals surface area contributed by atoms with Crippen LogP contribution in [0.1, 0.15) is 74.1 Å². The van der Waals surface area contributed by atoms with Crippen LogP contribution in [0.2, 0.25) is 0 Å². The average molecular weight is 519 g/mol. The summed E-state index contributed by atoms with van der Waals surface area (Å²) in [7, 11) is 1.65. The molecule has 8 nitrogen and oxygen atoms in total. The van der Waals surface area contributed by atoms with Gasteiger partial charge in [0.05, 0.1) is 6.61 Å². The van der Waals surface area contributed by atoms with Gasteiger partial charge in [-0.1, -0.05) is 58.9 Å². The van der Waals surface area contributed by atoms with Gasteiger partial charge in [0.2, 0.25) is 11.8 Å². The topological polar surface area (TPSA) is 104 Å². The van der Waals surface area contributed by atoms with Gasteiger partial charge in [-0.3, -0.25) is 19.7 Å². The van der Waals surface area contributed by atoms with Crippen molar-refractivity contribution >= 4 is 40.0 Å². The Morgan fingerprint density at radius 3 is 2.55 bits per heavy atom. The van der Waals surface area contributed by atoms with E-state index in [1.165, 1.54) is 6.42 Å². The lowest BCUT2D eigenvalue weighted by Crippen LogP contribution is -2.50. The summed E-state index contributed by atoms with van der Waals surface area (Å²) in [6.45, 7) is 13.4. The number of rotatable bonds is 5. The fraction of sp³-hybridized carbons (Fsp3) is 0.367. The van der Waals surface area contributed by atoms with Crippen molar-refractivity contribution in [1.29, 1.82) is 0 Å². The van der Waals surface area contributed by atoms with Crippen molar-refractivity contribution < 1.29 is 19.1 Å². The molecular formula is C30H38N4O4. The van der Waals surface area contributed by atoms with E-state index in [4.69, 9.17) is 4.74 Å². The number of carbonyl (C=O) groups is 3. The lowest BCUT2D eigenvalue weighted by molar-refractivity contribution is -0.136. The predicted octanol–water partition coefficient (Wildman–Crippen LogP) is 5.60. The van der Waals surface area contributed by atoms with Crippen molar-refractivity contribution in [3.8, 4) is 0 Å². The summed E-state index contributed by atoms with van der Waals surface area (Å²) in [6, 6.07) is 12.9. The Bertz CT molecular complexity index is 1330. The van der Waals surface area contributed by atoms with Crippen LogP contribution in [0, 0.1) is 0 Å². The van der Waals surface area contributed by atoms with Gasteiger partial charge in [-0.25, -0.2) is 0 Å². The Kier molecular flexibility index (Phi) is 9.85. The summed E-state index contributed by atoms with van der Waals surface area (Å²) < 4.78 is 5.17. The van der Waals surface area contributed by atoms with E-state index in [1.807, 2.05) is 61.2 Å². The summed E-state index contributed by atoms with van der Waals surface area (Å²) in [5.74, 6) is -0.769. The van der Waals surface area contributed by atoms with Crippen LogP contribution >= 0.6 is 0 Å². The van der Waals surface area contributed by atoms with E-state index in [-0.39, 0.29) is 17.7 Å². The number of ether oxygens (including phenoxy) is 1. The van der Waals surface area contributed by atoms with Crippen LogP contribution in [0.3, 0.4) is 0 Å². The molecule has 0 saturated carbocycles. The van der Waals surface area contributed by atoms with Crippen molar-refractivity contribution in [3.63, 3.8) is 0 Å². The monoisotopic (exact) mass is 518 g/mol. The number of piperidine rings is 1. The third kappa shape index (κ3) is 6.31. The first-order chi connectivity index (χ1) is 18.3. The second kappa shape index (κ2) is 13.1. The fourth-order valence-corrected chi connectivity index (χ4v) is 4.55. The molecule has 1 atom stereocenters. The summed E-state index contributed by atoms with van der Waals surface area (Å²) in [4.78, 5) is 41.7. The molecule has 1 unspecified atom stereocenters. The average Bonchev–Trinajstić information content (AvgIpc) is 3.47. The summed E-state index contributed by atoms with van der Waals surface area (Å²) >= 11 is 0. The van der Waals surface area contributed by atoms with Gasteiger partial charge >= 0.3 is 0 Å². The van der Waals surface area contributed by atoms with Gasteiger partial charge in [-0.05, 0) is 41.8 Å². The molecule has 2 aliphatic heterocycles. The summed E-state index contributed by atoms with van der Waals surface area (Å²) in [5.41, 5.74) is 5.69. The fourth-order valence-electron chi connectivity index (χ4n) is 4.55. The van der Waals surface area contributed by atoms with E-state index in [2.05, 4.69) is 36.0 Å². The van der Waals surface area contributed by atoms with Crippen molar-refractivity contribution in [2.75, 3.05) is 12.4 Å². The molecule has 0 spiro atoms. The zero-order chi connectivity index (χ0) is 27.8. The number of anilines is 1. The zero-order valence-electron chi connectivity index (χ0n) is 22.9. The molecule has 3 aromatic rings. The van der Waals surface area contributed by atoms with Gasteiger partial charge in [0.1, 0.15) is 11.7 Å². The van der Waals surface area contributed by atoms with Crippen LogP contribution in [0.5, 0.6) is 0 Å². The van der Waals surface area contributed by atoms with Crippen LogP contribution in [0.4, 0.5) is 5.69 Å². The number of aromatic nitrogens is 1. The van der Waals surface area contributed by atoms with E-state index in [1.54, 1.807) is 7.11 Å². The summed E-state index contributed by atoms with van der Waals surface area (Å²) in [6.07, 6.45) is 2.03. The van der Waals surface area contributed by atoms with Gasteiger partial charge in [0, 0.05) is 47.9 Å². The molecule has 0 radical (unpaired) electrons. The Morgan fingerprint density at radius 1 is 1.13 bits per heavy atom. The first-order valence-corrected chi connectivity index (χ1v) is 13.2. The Balaban J connectivity index is 0.000000748. The highest BCUT2D eigenvalue weighted by Gasteiger charge is 2.36. The van der Waals surface area contributed by atoms with Gasteiger partial charge in [0.25, 0.3) is 5.91 Å². The highest BCUT2D eigenvalue weighted by atomic mass is 16.5. The molecule has 202 valence electrons. The van der Waals surface area contributed by atoms with Gasteiger partial charge in [0.15, 0.2) is 0 Å². The molecule has 3 amide bonds. The van der Waals surface area contributed by atoms with Crippen LogP contribution in [-0.4, -0.2) is 40.8 Å². The lowest BCUT2D eigenvalue weighted by Gasteiger charge is -2.31. The van der Waals surface area contributed by atoms with Crippen LogP contribution in [0.15, 0.2) is 49.0 Å². The number of nitrogens with one attached hydrogen (secondary N) is 3. The molecule has 1 aromatic heterocycles. The predicted molar refractivity (Wildman–Crippen MR) is 151 cm³/mol. The smallest absolute Gasteiger partial charge is 0.272 e. The number of imide groups is 1. The van der Waals surface area contributed by atoms with E-state index in [0.29, 0.717) is 37.4 Å².